The van der Waals surface area contributed by atoms with Crippen LogP contribution in [-0.2, 0) is 0 Å². The van der Waals surface area contributed by atoms with Crippen molar-refractivity contribution in [3.05, 3.63) is 5.21 Å². The van der Waals surface area contributed by atoms with Crippen molar-refractivity contribution in [3.8, 4) is 0 Å². The molecule has 0 aromatic carbocycles. The molecule has 0 spiro atoms. The van der Waals surface area contributed by atoms with Gasteiger partial charge in [-0.25, -0.2) is 0 Å². The first-order chi connectivity index (χ1) is 4.26. The molecule has 0 bridgehead atoms. The molecule has 0 saturated heterocycles. The minimum Gasteiger partial charge on any atom is -0.569 e. The van der Waals surface area contributed by atoms with Crippen molar-refractivity contribution in [3.63, 3.8) is 0 Å². The van der Waals surface area contributed by atoms with E-state index in [1.165, 1.54) is 5.01 Å². The molecular weight excluding hydrogens is 145 g/mol. The van der Waals surface area contributed by atoms with Gasteiger partial charge in [0.1, 0.15) is 0 Å². The van der Waals surface area contributed by atoms with Crippen LogP contribution in [-0.4, -0.2) is 28.3 Å². The molecule has 0 rings (SSSR count). The molecule has 0 unspecified atom stereocenters. The molecule has 6 heteroatoms. The first kappa shape index (κ1) is 12.7. The summed E-state index contributed by atoms with van der Waals surface area (Å²) in [6, 6.07) is 0. The van der Waals surface area contributed by atoms with Crippen LogP contribution in [0.1, 0.15) is 13.8 Å². The Labute approximate surface area is 82.1 Å². The van der Waals surface area contributed by atoms with Crippen LogP contribution in [0.4, 0.5) is 0 Å². The van der Waals surface area contributed by atoms with E-state index in [1.54, 1.807) is 13.8 Å². The van der Waals surface area contributed by atoms with E-state index in [0.29, 0.717) is 13.1 Å². The summed E-state index contributed by atoms with van der Waals surface area (Å²) in [5, 5.41) is 22.1. The summed E-state index contributed by atoms with van der Waals surface area (Å²) >= 11 is 0. The summed E-state index contributed by atoms with van der Waals surface area (Å²) in [7, 11) is 0. The summed E-state index contributed by atoms with van der Waals surface area (Å²) in [4.78, 5) is 0.167. The van der Waals surface area contributed by atoms with Crippen LogP contribution in [0.5, 0.6) is 0 Å². The third kappa shape index (κ3) is 3.92. The third-order valence-corrected chi connectivity index (χ3v) is 1.05. The Balaban J connectivity index is 0. The summed E-state index contributed by atoms with van der Waals surface area (Å²) in [5.41, 5.74) is 0. The average Bonchev–Trinajstić information content (AvgIpc) is 1.90. The fourth-order valence-corrected chi connectivity index (χ4v) is 0.522. The van der Waals surface area contributed by atoms with Gasteiger partial charge >= 0.3 is 29.6 Å². The van der Waals surface area contributed by atoms with E-state index in [1.807, 2.05) is 0 Å². The predicted octanol–water partition coefficient (Wildman–Crippen LogP) is -2.40. The molecule has 0 radical (unpaired) electrons. The second-order valence-corrected chi connectivity index (χ2v) is 1.48. The van der Waals surface area contributed by atoms with Gasteiger partial charge in [0.2, 0.25) is 5.28 Å². The minimum atomic E-state index is 0. The van der Waals surface area contributed by atoms with Gasteiger partial charge in [-0.15, -0.1) is 5.01 Å². The normalized spacial score (nSPS) is 10.4. The van der Waals surface area contributed by atoms with Crippen LogP contribution < -0.4 is 29.6 Å². The van der Waals surface area contributed by atoms with Crippen molar-refractivity contribution in [1.82, 2.24) is 5.01 Å². The molecule has 0 aliphatic carbocycles. The SMILES string of the molecule is CCN(CC)/[N+]([O-])=N/O.[Na+]. The molecule has 0 fully saturated rings. The second kappa shape index (κ2) is 7.11. The Hall–Kier alpha value is 0. The fourth-order valence-electron chi connectivity index (χ4n) is 0.522. The standard InChI is InChI=1S/C4H11N3O2.Na/c1-3-6(4-2)7(9)5-8;/h8H,3-4H2,1-2H3;/q;+1/b7-5-;. The zero-order chi connectivity index (χ0) is 7.28. The molecule has 0 atom stereocenters. The number of rotatable bonds is 3. The zero-order valence-electron chi connectivity index (χ0n) is 6.61. The van der Waals surface area contributed by atoms with E-state index < -0.39 is 0 Å². The van der Waals surface area contributed by atoms with Gasteiger partial charge < -0.3 is 10.4 Å². The largest absolute Gasteiger partial charge is 1.00 e. The molecule has 0 heterocycles. The molecule has 10 heavy (non-hydrogen) atoms. The molecule has 54 valence electrons. The van der Waals surface area contributed by atoms with Crippen LogP contribution in [0.2, 0.25) is 0 Å². The topological polar surface area (TPSA) is 61.9 Å². The van der Waals surface area contributed by atoms with Gasteiger partial charge in [-0.3, -0.25) is 0 Å². The second-order valence-electron chi connectivity index (χ2n) is 1.48. The van der Waals surface area contributed by atoms with Crippen LogP contribution in [0.15, 0.2) is 5.28 Å². The zero-order valence-corrected chi connectivity index (χ0v) is 8.61. The maximum absolute atomic E-state index is 10.4. The van der Waals surface area contributed by atoms with Crippen LogP contribution in [0.25, 0.3) is 0 Å². The van der Waals surface area contributed by atoms with E-state index in [0.717, 1.165) is 0 Å². The minimum absolute atomic E-state index is 0. The van der Waals surface area contributed by atoms with Crippen molar-refractivity contribution in [2.24, 2.45) is 5.28 Å². The van der Waals surface area contributed by atoms with E-state index >= 15 is 0 Å². The quantitative estimate of drug-likeness (QED) is 0.214. The van der Waals surface area contributed by atoms with Gasteiger partial charge in [0.15, 0.2) is 0 Å². The molecule has 0 aromatic heterocycles. The van der Waals surface area contributed by atoms with Crippen molar-refractivity contribution in [1.29, 1.82) is 0 Å². The van der Waals surface area contributed by atoms with E-state index in [2.05, 4.69) is 5.28 Å². The molecule has 5 nitrogen and oxygen atoms in total. The van der Waals surface area contributed by atoms with Gasteiger partial charge in [0.05, 0.1) is 18.1 Å². The van der Waals surface area contributed by atoms with Crippen LogP contribution >= 0.6 is 0 Å². The van der Waals surface area contributed by atoms with Crippen LogP contribution in [0.3, 0.4) is 0 Å². The fraction of sp³-hybridized carbons (Fsp3) is 1.00. The molecule has 0 aromatic rings. The molecule has 0 saturated carbocycles. The number of hydrazine groups is 1. The van der Waals surface area contributed by atoms with Gasteiger partial charge in [-0.1, -0.05) is 0 Å². The molecule has 1 N–H and O–H groups in total. The van der Waals surface area contributed by atoms with Crippen molar-refractivity contribution in [2.45, 2.75) is 13.8 Å². The Morgan fingerprint density at radius 1 is 1.50 bits per heavy atom. The van der Waals surface area contributed by atoms with Gasteiger partial charge in [-0.05, 0) is 13.8 Å². The van der Waals surface area contributed by atoms with Crippen molar-refractivity contribution < 1.29 is 39.7 Å². The predicted molar refractivity (Wildman–Crippen MR) is 30.8 cm³/mol. The molecule has 0 aliphatic rings. The number of nitrogens with zero attached hydrogens (tertiary/aromatic N) is 3. The first-order valence-electron chi connectivity index (χ1n) is 2.83. The molecule has 0 amide bonds. The number of hydrogen-bond donors (Lipinski definition) is 1. The molecular formula is C4H11N3NaO2+. The Morgan fingerprint density at radius 2 is 1.90 bits per heavy atom. The van der Waals surface area contributed by atoms with E-state index in [-0.39, 0.29) is 34.5 Å². The summed E-state index contributed by atoms with van der Waals surface area (Å²) in [5.74, 6) is 0. The Kier molecular flexibility index (Phi) is 9.00. The summed E-state index contributed by atoms with van der Waals surface area (Å²) < 4.78 is 0. The third-order valence-electron chi connectivity index (χ3n) is 1.05. The van der Waals surface area contributed by atoms with E-state index in [9.17, 15) is 5.21 Å². The van der Waals surface area contributed by atoms with Crippen molar-refractivity contribution >= 4 is 0 Å². The van der Waals surface area contributed by atoms with E-state index in [4.69, 9.17) is 5.21 Å². The Morgan fingerprint density at radius 3 is 2.00 bits per heavy atom. The smallest absolute Gasteiger partial charge is 0.569 e. The number of hydrogen-bond acceptors (Lipinski definition) is 2. The first-order valence-corrected chi connectivity index (χ1v) is 2.83. The van der Waals surface area contributed by atoms with Gasteiger partial charge in [0, 0.05) is 0 Å². The summed E-state index contributed by atoms with van der Waals surface area (Å²) in [6.45, 7) is 4.70. The maximum atomic E-state index is 10.4. The maximum Gasteiger partial charge on any atom is 1.00 e. The van der Waals surface area contributed by atoms with Crippen LogP contribution in [0, 0.1) is 5.21 Å². The molecule has 0 aliphatic heterocycles. The monoisotopic (exact) mass is 156 g/mol. The van der Waals surface area contributed by atoms with Gasteiger partial charge in [-0.2, -0.15) is 0 Å². The van der Waals surface area contributed by atoms with Gasteiger partial charge in [0.25, 0.3) is 0 Å². The average molecular weight is 156 g/mol. The van der Waals surface area contributed by atoms with Crippen molar-refractivity contribution in [2.75, 3.05) is 13.1 Å². The summed E-state index contributed by atoms with van der Waals surface area (Å²) in [6.07, 6.45) is 0. The Bertz CT molecular complexity index is 105.